The second-order valence-corrected chi connectivity index (χ2v) is 7.05. The Balaban J connectivity index is 1.95. The summed E-state index contributed by atoms with van der Waals surface area (Å²) >= 11 is 1.50. The third-order valence-electron chi connectivity index (χ3n) is 3.90. The average Bonchev–Trinajstić information content (AvgIpc) is 2.82. The van der Waals surface area contributed by atoms with E-state index in [0.29, 0.717) is 11.9 Å². The number of carbonyl (C=O) groups is 2. The van der Waals surface area contributed by atoms with Crippen LogP contribution >= 0.6 is 11.3 Å². The fourth-order valence-electron chi connectivity index (χ4n) is 2.27. The Kier molecular flexibility index (Phi) is 5.71. The zero-order valence-corrected chi connectivity index (χ0v) is 15.2. The molecule has 0 fully saturated rings. The van der Waals surface area contributed by atoms with Gasteiger partial charge in [0.15, 0.2) is 0 Å². The number of thiophene rings is 1. The van der Waals surface area contributed by atoms with Crippen molar-refractivity contribution in [2.45, 2.75) is 33.2 Å². The maximum atomic E-state index is 12.5. The molecule has 0 unspecified atom stereocenters. The highest BCUT2D eigenvalue weighted by Crippen LogP contribution is 2.25. The lowest BCUT2D eigenvalue weighted by Crippen LogP contribution is -2.31. The van der Waals surface area contributed by atoms with Gasteiger partial charge < -0.3 is 10.2 Å². The predicted molar refractivity (Wildman–Crippen MR) is 94.3 cm³/mol. The lowest BCUT2D eigenvalue weighted by Gasteiger charge is -2.10. The quantitative estimate of drug-likeness (QED) is 0.844. The molecular weight excluding hydrogens is 328 g/mol. The lowest BCUT2D eigenvalue weighted by molar-refractivity contribution is -0.128. The molecule has 0 saturated carbocycles. The van der Waals surface area contributed by atoms with E-state index >= 15 is 0 Å². The van der Waals surface area contributed by atoms with E-state index in [1.807, 2.05) is 13.8 Å². The number of carbonyl (C=O) groups excluding carboxylic acids is 2. The number of aryl methyl sites for hydroxylation is 3. The van der Waals surface area contributed by atoms with Crippen molar-refractivity contribution in [1.82, 2.24) is 19.8 Å². The average molecular weight is 350 g/mol. The van der Waals surface area contributed by atoms with Crippen molar-refractivity contribution in [3.8, 4) is 0 Å². The van der Waals surface area contributed by atoms with Crippen molar-refractivity contribution < 1.29 is 9.59 Å². The highest BCUT2D eigenvalue weighted by atomic mass is 32.1. The third kappa shape index (κ3) is 4.00. The highest BCUT2D eigenvalue weighted by molar-refractivity contribution is 7.18. The molecule has 2 aromatic heterocycles. The summed E-state index contributed by atoms with van der Waals surface area (Å²) < 4.78 is 1.46. The summed E-state index contributed by atoms with van der Waals surface area (Å²) in [5.74, 6) is -0.226. The molecule has 0 aliphatic heterocycles. The molecule has 1 N–H and O–H groups in total. The van der Waals surface area contributed by atoms with Crippen molar-refractivity contribution in [2.24, 2.45) is 0 Å². The van der Waals surface area contributed by atoms with E-state index in [1.54, 1.807) is 14.1 Å². The van der Waals surface area contributed by atoms with Crippen LogP contribution in [-0.4, -0.2) is 46.9 Å². The van der Waals surface area contributed by atoms with Gasteiger partial charge in [-0.05, 0) is 19.4 Å². The molecule has 2 heterocycles. The minimum atomic E-state index is -0.188. The van der Waals surface area contributed by atoms with Crippen LogP contribution in [0.25, 0.3) is 10.2 Å². The Morgan fingerprint density at radius 2 is 2.00 bits per heavy atom. The molecule has 2 aromatic rings. The van der Waals surface area contributed by atoms with Crippen molar-refractivity contribution in [2.75, 3.05) is 20.6 Å². The van der Waals surface area contributed by atoms with Gasteiger partial charge in [-0.1, -0.05) is 0 Å². The molecule has 130 valence electrons. The summed E-state index contributed by atoms with van der Waals surface area (Å²) in [6, 6.07) is 0. The first-order chi connectivity index (χ1) is 11.3. The highest BCUT2D eigenvalue weighted by Gasteiger charge is 2.13. The number of hydrogen-bond acceptors (Lipinski definition) is 5. The van der Waals surface area contributed by atoms with Crippen molar-refractivity contribution >= 4 is 33.4 Å². The van der Waals surface area contributed by atoms with Crippen LogP contribution in [0.4, 0.5) is 0 Å². The summed E-state index contributed by atoms with van der Waals surface area (Å²) in [5.41, 5.74) is 0.839. The van der Waals surface area contributed by atoms with Crippen LogP contribution in [0, 0.1) is 13.8 Å². The van der Waals surface area contributed by atoms with Crippen LogP contribution in [0.3, 0.4) is 0 Å². The summed E-state index contributed by atoms with van der Waals surface area (Å²) in [7, 11) is 3.35. The van der Waals surface area contributed by atoms with Crippen LogP contribution < -0.4 is 10.9 Å². The fourth-order valence-corrected chi connectivity index (χ4v) is 3.26. The van der Waals surface area contributed by atoms with Gasteiger partial charge in [-0.15, -0.1) is 11.3 Å². The smallest absolute Gasteiger partial charge is 0.262 e. The molecule has 0 bridgehead atoms. The van der Waals surface area contributed by atoms with E-state index < -0.39 is 0 Å². The second-order valence-electron chi connectivity index (χ2n) is 5.84. The van der Waals surface area contributed by atoms with E-state index in [1.165, 1.54) is 27.1 Å². The largest absolute Gasteiger partial charge is 0.356 e. The van der Waals surface area contributed by atoms with Crippen molar-refractivity contribution in [1.29, 1.82) is 0 Å². The van der Waals surface area contributed by atoms with Gasteiger partial charge in [-0.2, -0.15) is 0 Å². The van der Waals surface area contributed by atoms with Crippen LogP contribution in [0.5, 0.6) is 0 Å². The van der Waals surface area contributed by atoms with E-state index in [9.17, 15) is 14.4 Å². The molecule has 0 aliphatic rings. The van der Waals surface area contributed by atoms with Crippen LogP contribution in [0.2, 0.25) is 0 Å². The van der Waals surface area contributed by atoms with E-state index in [2.05, 4.69) is 10.3 Å². The topological polar surface area (TPSA) is 84.3 Å². The van der Waals surface area contributed by atoms with E-state index in [-0.39, 0.29) is 36.8 Å². The number of fused-ring (bicyclic) bond motifs is 1. The first kappa shape index (κ1) is 18.1. The Bertz CT molecular complexity index is 823. The van der Waals surface area contributed by atoms with Gasteiger partial charge in [0.05, 0.1) is 11.7 Å². The van der Waals surface area contributed by atoms with Crippen molar-refractivity contribution in [3.63, 3.8) is 0 Å². The molecule has 0 aliphatic carbocycles. The number of nitrogens with one attached hydrogen (secondary N) is 1. The molecule has 24 heavy (non-hydrogen) atoms. The normalized spacial score (nSPS) is 10.8. The molecule has 2 rings (SSSR count). The summed E-state index contributed by atoms with van der Waals surface area (Å²) in [6.07, 6.45) is 1.92. The molecule has 0 aromatic carbocycles. The van der Waals surface area contributed by atoms with E-state index in [0.717, 1.165) is 15.3 Å². The minimum Gasteiger partial charge on any atom is -0.356 e. The Hall–Kier alpha value is -2.22. The number of aromatic nitrogens is 2. The van der Waals surface area contributed by atoms with Crippen LogP contribution in [0.1, 0.15) is 23.3 Å². The van der Waals surface area contributed by atoms with Crippen LogP contribution in [-0.2, 0) is 16.1 Å². The molecular formula is C16H22N4O3S. The number of hydrogen-bond donors (Lipinski definition) is 1. The first-order valence-corrected chi connectivity index (χ1v) is 8.55. The van der Waals surface area contributed by atoms with Gasteiger partial charge >= 0.3 is 0 Å². The molecule has 7 nitrogen and oxygen atoms in total. The number of rotatable bonds is 6. The van der Waals surface area contributed by atoms with Gasteiger partial charge in [0.2, 0.25) is 11.8 Å². The Morgan fingerprint density at radius 1 is 1.29 bits per heavy atom. The number of amides is 2. The number of nitrogens with zero attached hydrogens (tertiary/aromatic N) is 3. The Morgan fingerprint density at radius 3 is 2.67 bits per heavy atom. The van der Waals surface area contributed by atoms with Gasteiger partial charge in [0, 0.05) is 44.9 Å². The summed E-state index contributed by atoms with van der Waals surface area (Å²) in [4.78, 5) is 43.4. The summed E-state index contributed by atoms with van der Waals surface area (Å²) in [5, 5.41) is 3.33. The molecule has 8 heteroatoms. The fraction of sp³-hybridized carbons (Fsp3) is 0.500. The predicted octanol–water partition coefficient (Wildman–Crippen LogP) is 1.06. The summed E-state index contributed by atoms with van der Waals surface area (Å²) in [6.45, 7) is 4.44. The monoisotopic (exact) mass is 350 g/mol. The molecule has 2 amide bonds. The SMILES string of the molecule is Cc1sc2ncn(CCC(=O)NCCC(=O)N(C)C)c(=O)c2c1C. The van der Waals surface area contributed by atoms with E-state index in [4.69, 9.17) is 0 Å². The molecule has 0 radical (unpaired) electrons. The Labute approximate surface area is 144 Å². The van der Waals surface area contributed by atoms with Gasteiger partial charge in [-0.3, -0.25) is 19.0 Å². The third-order valence-corrected chi connectivity index (χ3v) is 5.01. The zero-order valence-electron chi connectivity index (χ0n) is 14.4. The molecule has 0 spiro atoms. The standard InChI is InChI=1S/C16H22N4O3S/c1-10-11(2)24-15-14(10)16(23)20(9-18-15)8-6-12(21)17-7-5-13(22)19(3)4/h9H,5-8H2,1-4H3,(H,17,21). The van der Waals surface area contributed by atoms with Crippen LogP contribution in [0.15, 0.2) is 11.1 Å². The lowest BCUT2D eigenvalue weighted by atomic mass is 10.2. The second kappa shape index (κ2) is 7.57. The van der Waals surface area contributed by atoms with Gasteiger partial charge in [0.1, 0.15) is 4.83 Å². The minimum absolute atomic E-state index is 0.0375. The molecule has 0 atom stereocenters. The molecule has 0 saturated heterocycles. The van der Waals surface area contributed by atoms with Crippen molar-refractivity contribution in [3.05, 3.63) is 27.1 Å². The maximum absolute atomic E-state index is 12.5. The van der Waals surface area contributed by atoms with Gasteiger partial charge in [-0.25, -0.2) is 4.98 Å². The van der Waals surface area contributed by atoms with Gasteiger partial charge in [0.25, 0.3) is 5.56 Å². The maximum Gasteiger partial charge on any atom is 0.262 e. The first-order valence-electron chi connectivity index (χ1n) is 7.73. The zero-order chi connectivity index (χ0) is 17.9.